The molecule has 1 aromatic heterocycles. The van der Waals surface area contributed by atoms with E-state index < -0.39 is 0 Å². The van der Waals surface area contributed by atoms with Gasteiger partial charge in [-0.1, -0.05) is 12.1 Å². The van der Waals surface area contributed by atoms with Gasteiger partial charge in [0.15, 0.2) is 0 Å². The average molecular weight is 469 g/mol. The summed E-state index contributed by atoms with van der Waals surface area (Å²) in [7, 11) is 0. The molecule has 0 N–H and O–H groups in total. The Morgan fingerprint density at radius 1 is 1.00 bits per heavy atom. The van der Waals surface area contributed by atoms with Crippen molar-refractivity contribution in [1.29, 1.82) is 0 Å². The van der Waals surface area contributed by atoms with Crippen LogP contribution < -0.4 is 4.74 Å². The highest BCUT2D eigenvalue weighted by Crippen LogP contribution is 2.16. The topological polar surface area (TPSA) is 66.0 Å². The predicted molar refractivity (Wildman–Crippen MR) is 130 cm³/mol. The van der Waals surface area contributed by atoms with E-state index in [4.69, 9.17) is 4.74 Å². The van der Waals surface area contributed by atoms with Gasteiger partial charge < -0.3 is 14.5 Å². The number of amides is 2. The lowest BCUT2D eigenvalue weighted by molar-refractivity contribution is -0.134. The number of ether oxygens (including phenoxy) is 1. The number of hydrogen-bond acceptors (Lipinski definition) is 6. The summed E-state index contributed by atoms with van der Waals surface area (Å²) >= 11 is 1.62. The summed E-state index contributed by atoms with van der Waals surface area (Å²) in [6.45, 7) is 7.46. The van der Waals surface area contributed by atoms with Gasteiger partial charge in [-0.05, 0) is 50.0 Å². The molecular formula is C25H32N4O3S. The molecule has 2 saturated heterocycles. The van der Waals surface area contributed by atoms with E-state index in [0.717, 1.165) is 61.0 Å². The molecule has 2 aliphatic rings. The molecule has 0 atom stereocenters. The summed E-state index contributed by atoms with van der Waals surface area (Å²) in [5.41, 5.74) is 1.88. The highest BCUT2D eigenvalue weighted by atomic mass is 32.1. The molecule has 0 radical (unpaired) electrons. The molecule has 2 aliphatic heterocycles. The van der Waals surface area contributed by atoms with Crippen LogP contribution in [0.3, 0.4) is 0 Å². The molecule has 2 fully saturated rings. The molecular weight excluding hydrogens is 436 g/mol. The van der Waals surface area contributed by atoms with Crippen LogP contribution in [-0.4, -0.2) is 77.3 Å². The van der Waals surface area contributed by atoms with E-state index in [1.165, 1.54) is 6.42 Å². The number of carbonyl (C=O) groups excluding carboxylic acids is 2. The fraction of sp³-hybridized carbons (Fsp3) is 0.480. The second kappa shape index (κ2) is 11.4. The van der Waals surface area contributed by atoms with Crippen molar-refractivity contribution in [3.05, 3.63) is 52.0 Å². The van der Waals surface area contributed by atoms with Gasteiger partial charge in [0.05, 0.1) is 17.2 Å². The van der Waals surface area contributed by atoms with Gasteiger partial charge in [0.25, 0.3) is 0 Å². The van der Waals surface area contributed by atoms with Crippen LogP contribution in [0.1, 0.15) is 35.5 Å². The van der Waals surface area contributed by atoms with E-state index in [-0.39, 0.29) is 11.8 Å². The van der Waals surface area contributed by atoms with E-state index in [0.29, 0.717) is 26.2 Å². The van der Waals surface area contributed by atoms with Crippen molar-refractivity contribution < 1.29 is 14.3 Å². The number of hydrogen-bond donors (Lipinski definition) is 0. The molecule has 2 aromatic rings. The summed E-state index contributed by atoms with van der Waals surface area (Å²) in [6.07, 6.45) is 6.92. The van der Waals surface area contributed by atoms with Crippen molar-refractivity contribution in [3.63, 3.8) is 0 Å². The van der Waals surface area contributed by atoms with Crippen molar-refractivity contribution in [1.82, 2.24) is 19.7 Å². The fourth-order valence-electron chi connectivity index (χ4n) is 4.14. The third-order valence-corrected chi connectivity index (χ3v) is 6.93. The minimum Gasteiger partial charge on any atom is -0.487 e. The van der Waals surface area contributed by atoms with E-state index in [2.05, 4.69) is 9.88 Å². The highest BCUT2D eigenvalue weighted by Gasteiger charge is 2.24. The second-order valence-electron chi connectivity index (χ2n) is 8.59. The van der Waals surface area contributed by atoms with E-state index >= 15 is 0 Å². The maximum Gasteiger partial charge on any atom is 0.246 e. The van der Waals surface area contributed by atoms with Crippen molar-refractivity contribution >= 4 is 29.2 Å². The Morgan fingerprint density at radius 3 is 2.39 bits per heavy atom. The standard InChI is InChI=1S/C25H32N4O3S/c1-20-26-22(19-33-20)18-32-23-8-5-21(6-9-23)7-10-24(30)29-15-13-27(14-16-29)17-25(31)28-11-3-2-4-12-28/h5-10,19H,2-4,11-18H2,1H3/b10-7+. The normalized spacial score (nSPS) is 17.5. The molecule has 33 heavy (non-hydrogen) atoms. The predicted octanol–water partition coefficient (Wildman–Crippen LogP) is 3.20. The Bertz CT molecular complexity index is 958. The maximum atomic E-state index is 12.6. The number of nitrogens with zero attached hydrogens (tertiary/aromatic N) is 4. The minimum atomic E-state index is 0.0104. The zero-order valence-electron chi connectivity index (χ0n) is 19.2. The molecule has 2 amide bonds. The summed E-state index contributed by atoms with van der Waals surface area (Å²) in [4.78, 5) is 35.4. The molecule has 8 heteroatoms. The molecule has 0 saturated carbocycles. The number of piperidine rings is 1. The number of aromatic nitrogens is 1. The van der Waals surface area contributed by atoms with Gasteiger partial charge in [0.1, 0.15) is 12.4 Å². The SMILES string of the molecule is Cc1nc(COc2ccc(/C=C/C(=O)N3CCN(CC(=O)N4CCCCC4)CC3)cc2)cs1. The van der Waals surface area contributed by atoms with Crippen LogP contribution in [-0.2, 0) is 16.2 Å². The van der Waals surface area contributed by atoms with Gasteiger partial charge in [-0.3, -0.25) is 14.5 Å². The Morgan fingerprint density at radius 2 is 1.73 bits per heavy atom. The number of piperazine rings is 1. The van der Waals surface area contributed by atoms with Gasteiger partial charge >= 0.3 is 0 Å². The molecule has 0 spiro atoms. The van der Waals surface area contributed by atoms with Crippen LogP contribution in [0, 0.1) is 6.92 Å². The quantitative estimate of drug-likeness (QED) is 0.584. The smallest absolute Gasteiger partial charge is 0.246 e. The van der Waals surface area contributed by atoms with Gasteiger partial charge in [-0.25, -0.2) is 4.98 Å². The number of rotatable bonds is 7. The lowest BCUT2D eigenvalue weighted by atomic mass is 10.1. The van der Waals surface area contributed by atoms with E-state index in [1.807, 2.05) is 52.4 Å². The Kier molecular flexibility index (Phi) is 8.12. The van der Waals surface area contributed by atoms with Crippen LogP contribution in [0.15, 0.2) is 35.7 Å². The number of carbonyl (C=O) groups is 2. The van der Waals surface area contributed by atoms with Crippen LogP contribution in [0.2, 0.25) is 0 Å². The first-order valence-corrected chi connectivity index (χ1v) is 12.6. The lowest BCUT2D eigenvalue weighted by Crippen LogP contribution is -2.51. The molecule has 3 heterocycles. The number of thiazole rings is 1. The van der Waals surface area contributed by atoms with Gasteiger partial charge in [0, 0.05) is 50.7 Å². The summed E-state index contributed by atoms with van der Waals surface area (Å²) in [6, 6.07) is 7.69. The largest absolute Gasteiger partial charge is 0.487 e. The van der Waals surface area contributed by atoms with Crippen molar-refractivity contribution in [2.45, 2.75) is 32.8 Å². The van der Waals surface area contributed by atoms with Crippen LogP contribution in [0.5, 0.6) is 5.75 Å². The molecule has 0 bridgehead atoms. The van der Waals surface area contributed by atoms with E-state index in [9.17, 15) is 9.59 Å². The van der Waals surface area contributed by atoms with Gasteiger partial charge in [-0.15, -0.1) is 11.3 Å². The average Bonchev–Trinajstić information content (AvgIpc) is 3.28. The number of aryl methyl sites for hydroxylation is 1. The molecule has 1 aromatic carbocycles. The molecule has 176 valence electrons. The Balaban J connectivity index is 1.19. The zero-order chi connectivity index (χ0) is 23.0. The van der Waals surface area contributed by atoms with Crippen LogP contribution in [0.4, 0.5) is 0 Å². The third-order valence-electron chi connectivity index (χ3n) is 6.10. The summed E-state index contributed by atoms with van der Waals surface area (Å²) < 4.78 is 5.77. The number of benzene rings is 1. The first-order valence-electron chi connectivity index (χ1n) is 11.7. The van der Waals surface area contributed by atoms with Gasteiger partial charge in [-0.2, -0.15) is 0 Å². The fourth-order valence-corrected chi connectivity index (χ4v) is 4.74. The number of likely N-dealkylation sites (tertiary alicyclic amines) is 1. The first-order chi connectivity index (χ1) is 16.1. The van der Waals surface area contributed by atoms with Crippen LogP contribution >= 0.6 is 11.3 Å². The Labute approximate surface area is 199 Å². The van der Waals surface area contributed by atoms with Crippen molar-refractivity contribution in [2.24, 2.45) is 0 Å². The van der Waals surface area contributed by atoms with E-state index in [1.54, 1.807) is 17.4 Å². The summed E-state index contributed by atoms with van der Waals surface area (Å²) in [5.74, 6) is 1.01. The summed E-state index contributed by atoms with van der Waals surface area (Å²) in [5, 5.41) is 3.04. The second-order valence-corrected chi connectivity index (χ2v) is 9.65. The molecule has 7 nitrogen and oxygen atoms in total. The minimum absolute atomic E-state index is 0.0104. The van der Waals surface area contributed by atoms with Crippen molar-refractivity contribution in [3.8, 4) is 5.75 Å². The zero-order valence-corrected chi connectivity index (χ0v) is 20.1. The Hall–Kier alpha value is -2.71. The van der Waals surface area contributed by atoms with Crippen molar-refractivity contribution in [2.75, 3.05) is 45.8 Å². The van der Waals surface area contributed by atoms with Crippen LogP contribution in [0.25, 0.3) is 6.08 Å². The molecule has 0 unspecified atom stereocenters. The lowest BCUT2D eigenvalue weighted by Gasteiger charge is -2.35. The molecule has 4 rings (SSSR count). The highest BCUT2D eigenvalue weighted by molar-refractivity contribution is 7.09. The third kappa shape index (κ3) is 6.88. The molecule has 0 aliphatic carbocycles. The first kappa shape index (κ1) is 23.4. The maximum absolute atomic E-state index is 12.6. The van der Waals surface area contributed by atoms with Gasteiger partial charge in [0.2, 0.25) is 11.8 Å². The monoisotopic (exact) mass is 468 g/mol.